The van der Waals surface area contributed by atoms with E-state index in [2.05, 4.69) is 5.32 Å². The van der Waals surface area contributed by atoms with Crippen molar-refractivity contribution in [3.63, 3.8) is 0 Å². The van der Waals surface area contributed by atoms with Crippen LogP contribution in [-0.4, -0.2) is 59.2 Å². The number of hydrogen-bond acceptors (Lipinski definition) is 5. The van der Waals surface area contributed by atoms with Gasteiger partial charge in [0.1, 0.15) is 16.9 Å². The molecule has 1 fully saturated rings. The molecule has 1 aliphatic heterocycles. The Kier molecular flexibility index (Phi) is 8.72. The maximum atomic E-state index is 13.6. The number of carbonyl (C=O) groups excluding carboxylic acids is 2. The molecule has 0 aliphatic carbocycles. The van der Waals surface area contributed by atoms with Crippen LogP contribution in [0, 0.1) is 5.41 Å². The van der Waals surface area contributed by atoms with E-state index in [1.54, 1.807) is 22.8 Å². The van der Waals surface area contributed by atoms with E-state index in [0.29, 0.717) is 18.8 Å². The molecule has 0 spiro atoms. The van der Waals surface area contributed by atoms with Crippen LogP contribution in [0.3, 0.4) is 0 Å². The summed E-state index contributed by atoms with van der Waals surface area (Å²) in [5, 5.41) is 12.3. The summed E-state index contributed by atoms with van der Waals surface area (Å²) in [5.41, 5.74) is -0.287. The fourth-order valence-corrected chi connectivity index (χ4v) is 4.34. The number of methoxy groups -OCH3 is 1. The highest BCUT2D eigenvalue weighted by Gasteiger charge is 2.29. The molecule has 8 nitrogen and oxygen atoms in total. The summed E-state index contributed by atoms with van der Waals surface area (Å²) in [7, 11) is 1.59. The number of piperidine rings is 1. The molecule has 1 aromatic heterocycles. The van der Waals surface area contributed by atoms with Crippen LogP contribution in [0.1, 0.15) is 72.7 Å². The predicted octanol–water partition coefficient (Wildman–Crippen LogP) is 3.06. The third-order valence-electron chi connectivity index (χ3n) is 6.57. The zero-order valence-corrected chi connectivity index (χ0v) is 21.2. The number of aliphatic hydroxyl groups is 1. The van der Waals surface area contributed by atoms with E-state index >= 15 is 0 Å². The summed E-state index contributed by atoms with van der Waals surface area (Å²) in [4.78, 5) is 41.8. The number of likely N-dealkylation sites (tertiary alicyclic amines) is 1. The fraction of sp³-hybridized carbons (Fsp3) is 0.519. The number of nitrogens with one attached hydrogen (secondary N) is 1. The first-order chi connectivity index (χ1) is 16.7. The highest BCUT2D eigenvalue weighted by atomic mass is 16.5. The van der Waals surface area contributed by atoms with Crippen LogP contribution < -0.4 is 15.5 Å². The number of hydrogen-bond donors (Lipinski definition) is 2. The average molecular weight is 484 g/mol. The van der Waals surface area contributed by atoms with Crippen molar-refractivity contribution in [3.05, 3.63) is 63.6 Å². The minimum absolute atomic E-state index is 0.00214. The normalized spacial score (nSPS) is 16.1. The first-order valence-electron chi connectivity index (χ1n) is 12.3. The van der Waals surface area contributed by atoms with Crippen molar-refractivity contribution in [1.82, 2.24) is 14.8 Å². The van der Waals surface area contributed by atoms with Crippen LogP contribution in [0.25, 0.3) is 0 Å². The lowest BCUT2D eigenvalue weighted by Crippen LogP contribution is -2.46. The Bertz CT molecular complexity index is 1110. The second kappa shape index (κ2) is 11.5. The molecule has 0 radical (unpaired) electrons. The van der Waals surface area contributed by atoms with Crippen molar-refractivity contribution in [2.45, 2.75) is 59.0 Å². The molecule has 2 amide bonds. The molecular weight excluding hydrogens is 446 g/mol. The van der Waals surface area contributed by atoms with Crippen molar-refractivity contribution < 1.29 is 19.4 Å². The van der Waals surface area contributed by atoms with Gasteiger partial charge >= 0.3 is 0 Å². The third kappa shape index (κ3) is 6.51. The van der Waals surface area contributed by atoms with E-state index in [0.717, 1.165) is 31.2 Å². The van der Waals surface area contributed by atoms with Gasteiger partial charge in [-0.1, -0.05) is 32.9 Å². The van der Waals surface area contributed by atoms with E-state index in [-0.39, 0.29) is 36.2 Å². The molecular formula is C27H37N3O5. The Morgan fingerprint density at radius 2 is 1.94 bits per heavy atom. The van der Waals surface area contributed by atoms with Gasteiger partial charge in [-0.3, -0.25) is 14.4 Å². The Morgan fingerprint density at radius 3 is 2.63 bits per heavy atom. The van der Waals surface area contributed by atoms with Crippen LogP contribution in [0.4, 0.5) is 0 Å². The van der Waals surface area contributed by atoms with Gasteiger partial charge in [-0.05, 0) is 43.4 Å². The summed E-state index contributed by atoms with van der Waals surface area (Å²) in [5.74, 6) is -0.189. The van der Waals surface area contributed by atoms with Crippen LogP contribution >= 0.6 is 0 Å². The summed E-state index contributed by atoms with van der Waals surface area (Å²) >= 11 is 0. The average Bonchev–Trinajstić information content (AvgIpc) is 2.87. The number of amides is 2. The van der Waals surface area contributed by atoms with Crippen molar-refractivity contribution >= 4 is 11.8 Å². The molecule has 1 atom stereocenters. The number of rotatable bonds is 9. The second-order valence-corrected chi connectivity index (χ2v) is 10.00. The molecule has 2 heterocycles. The quantitative estimate of drug-likeness (QED) is 0.571. The molecule has 0 bridgehead atoms. The Morgan fingerprint density at radius 1 is 1.20 bits per heavy atom. The van der Waals surface area contributed by atoms with Gasteiger partial charge < -0.3 is 24.6 Å². The maximum absolute atomic E-state index is 13.6. The largest absolute Gasteiger partial charge is 0.497 e. The monoisotopic (exact) mass is 483 g/mol. The van der Waals surface area contributed by atoms with Gasteiger partial charge in [0.15, 0.2) is 0 Å². The van der Waals surface area contributed by atoms with Crippen LogP contribution in [0.15, 0.2) is 41.5 Å². The number of pyridine rings is 1. The number of ether oxygens (including phenoxy) is 1. The van der Waals surface area contributed by atoms with E-state index < -0.39 is 16.8 Å². The first-order valence-corrected chi connectivity index (χ1v) is 12.3. The maximum Gasteiger partial charge on any atom is 0.259 e. The Labute approximate surface area is 206 Å². The molecule has 1 aromatic carbocycles. The SMILES string of the molecule is CCC1CCCCN1C(=O)c1cn(Cc2cccc(OC)c2)cc(C(=O)NCC(C)(C)CO)c1=O. The smallest absolute Gasteiger partial charge is 0.259 e. The molecule has 1 unspecified atom stereocenters. The lowest BCUT2D eigenvalue weighted by atomic mass is 9.95. The number of carbonyl (C=O) groups is 2. The highest BCUT2D eigenvalue weighted by molar-refractivity contribution is 5.99. The molecule has 2 N–H and O–H groups in total. The lowest BCUT2D eigenvalue weighted by molar-refractivity contribution is 0.0605. The Hall–Kier alpha value is -3.13. The minimum atomic E-state index is -0.573. The molecule has 8 heteroatoms. The number of aromatic nitrogens is 1. The molecule has 0 saturated carbocycles. The van der Waals surface area contributed by atoms with Gasteiger partial charge in [0, 0.05) is 50.1 Å². The first kappa shape index (κ1) is 26.5. The van der Waals surface area contributed by atoms with Gasteiger partial charge in [0.05, 0.1) is 7.11 Å². The second-order valence-electron chi connectivity index (χ2n) is 10.00. The fourth-order valence-electron chi connectivity index (χ4n) is 4.34. The number of aliphatic hydroxyl groups excluding tert-OH is 1. The van der Waals surface area contributed by atoms with Crippen molar-refractivity contribution in [2.75, 3.05) is 26.8 Å². The zero-order chi connectivity index (χ0) is 25.6. The van der Waals surface area contributed by atoms with E-state index in [1.165, 1.54) is 6.20 Å². The summed E-state index contributed by atoms with van der Waals surface area (Å²) in [6.07, 6.45) is 6.74. The lowest BCUT2D eigenvalue weighted by Gasteiger charge is -2.35. The van der Waals surface area contributed by atoms with E-state index in [4.69, 9.17) is 4.74 Å². The molecule has 190 valence electrons. The van der Waals surface area contributed by atoms with Crippen molar-refractivity contribution in [2.24, 2.45) is 5.41 Å². The van der Waals surface area contributed by atoms with Crippen LogP contribution in [-0.2, 0) is 6.54 Å². The van der Waals surface area contributed by atoms with Gasteiger partial charge in [0.25, 0.3) is 11.8 Å². The van der Waals surface area contributed by atoms with Crippen molar-refractivity contribution in [3.8, 4) is 5.75 Å². The van der Waals surface area contributed by atoms with Gasteiger partial charge in [0.2, 0.25) is 5.43 Å². The summed E-state index contributed by atoms with van der Waals surface area (Å²) in [6, 6.07) is 7.59. The van der Waals surface area contributed by atoms with Crippen molar-refractivity contribution in [1.29, 1.82) is 0 Å². The van der Waals surface area contributed by atoms with E-state index in [1.807, 2.05) is 45.0 Å². The number of benzene rings is 1. The Balaban J connectivity index is 2.01. The van der Waals surface area contributed by atoms with Gasteiger partial charge in [-0.2, -0.15) is 0 Å². The molecule has 1 saturated heterocycles. The zero-order valence-electron chi connectivity index (χ0n) is 21.2. The molecule has 2 aromatic rings. The molecule has 35 heavy (non-hydrogen) atoms. The number of nitrogens with zero attached hydrogens (tertiary/aromatic N) is 2. The van der Waals surface area contributed by atoms with Crippen LogP contribution in [0.5, 0.6) is 5.75 Å². The third-order valence-corrected chi connectivity index (χ3v) is 6.57. The molecule has 3 rings (SSSR count). The minimum Gasteiger partial charge on any atom is -0.497 e. The molecule has 1 aliphatic rings. The topological polar surface area (TPSA) is 101 Å². The van der Waals surface area contributed by atoms with E-state index in [9.17, 15) is 19.5 Å². The van der Waals surface area contributed by atoms with Gasteiger partial charge in [-0.25, -0.2) is 0 Å². The van der Waals surface area contributed by atoms with Crippen LogP contribution in [0.2, 0.25) is 0 Å². The standard InChI is InChI=1S/C27H37N3O5/c1-5-20-10-6-7-12-30(20)26(34)23-16-29(14-19-9-8-11-21(13-19)35-4)15-22(24(23)32)25(33)28-17-27(2,3)18-31/h8-9,11,13,15-16,20,31H,5-7,10,12,14,17-18H2,1-4H3,(H,28,33). The summed E-state index contributed by atoms with van der Waals surface area (Å²) < 4.78 is 7.02. The highest BCUT2D eigenvalue weighted by Crippen LogP contribution is 2.22. The summed E-state index contributed by atoms with van der Waals surface area (Å²) in [6.45, 7) is 6.72. The predicted molar refractivity (Wildman–Crippen MR) is 135 cm³/mol. The van der Waals surface area contributed by atoms with Gasteiger partial charge in [-0.15, -0.1) is 0 Å².